The van der Waals surface area contributed by atoms with E-state index in [-0.39, 0.29) is 5.56 Å². The van der Waals surface area contributed by atoms with Gasteiger partial charge in [-0.2, -0.15) is 0 Å². The second-order valence-electron chi connectivity index (χ2n) is 17.5. The van der Waals surface area contributed by atoms with E-state index < -0.39 is 5.41 Å². The van der Waals surface area contributed by atoms with Crippen LogP contribution in [0.3, 0.4) is 0 Å². The zero-order valence-corrected chi connectivity index (χ0v) is 35.2. The molecule has 0 spiro atoms. The summed E-state index contributed by atoms with van der Waals surface area (Å²) in [7, 11) is 0. The quantitative estimate of drug-likeness (QED) is 0.159. The van der Waals surface area contributed by atoms with E-state index in [0.29, 0.717) is 0 Å². The maximum atomic E-state index is 14.4. The molecular formula is C62H38N2O. The molecule has 0 fully saturated rings. The van der Waals surface area contributed by atoms with Crippen LogP contribution in [0.5, 0.6) is 0 Å². The molecule has 0 bridgehead atoms. The summed E-state index contributed by atoms with van der Waals surface area (Å²) in [4.78, 5) is 14.4. The summed E-state index contributed by atoms with van der Waals surface area (Å²) in [5.74, 6) is 0. The van der Waals surface area contributed by atoms with Crippen LogP contribution >= 0.6 is 0 Å². The molecule has 0 saturated heterocycles. The number of hydrogen-bond donors (Lipinski definition) is 0. The van der Waals surface area contributed by atoms with Crippen LogP contribution < -0.4 is 5.56 Å². The Balaban J connectivity index is 0.926. The zero-order valence-electron chi connectivity index (χ0n) is 35.2. The van der Waals surface area contributed by atoms with E-state index in [2.05, 4.69) is 223 Å². The summed E-state index contributed by atoms with van der Waals surface area (Å²) in [6, 6.07) is 83.4. The highest BCUT2D eigenvalue weighted by molar-refractivity contribution is 6.21. The van der Waals surface area contributed by atoms with E-state index in [0.717, 1.165) is 65.9 Å². The minimum atomic E-state index is -0.469. The molecule has 1 aliphatic rings. The fraction of sp³-hybridized carbons (Fsp3) is 0.0161. The molecule has 3 heterocycles. The van der Waals surface area contributed by atoms with Gasteiger partial charge in [-0.1, -0.05) is 176 Å². The van der Waals surface area contributed by atoms with Gasteiger partial charge in [-0.05, 0) is 116 Å². The van der Waals surface area contributed by atoms with Crippen molar-refractivity contribution in [3.05, 3.63) is 263 Å². The molecule has 0 aliphatic heterocycles. The van der Waals surface area contributed by atoms with Gasteiger partial charge in [0.25, 0.3) is 5.56 Å². The summed E-state index contributed by atoms with van der Waals surface area (Å²) in [5, 5.41) is 7.43. The molecule has 0 saturated carbocycles. The topological polar surface area (TPSA) is 26.4 Å². The van der Waals surface area contributed by atoms with Crippen molar-refractivity contribution in [2.24, 2.45) is 0 Å². The van der Waals surface area contributed by atoms with Gasteiger partial charge in [-0.25, -0.2) is 0 Å². The van der Waals surface area contributed by atoms with E-state index >= 15 is 0 Å². The molecular weight excluding hydrogens is 789 g/mol. The lowest BCUT2D eigenvalue weighted by atomic mass is 9.67. The second kappa shape index (κ2) is 13.5. The molecule has 3 heteroatoms. The molecule has 10 aromatic carbocycles. The third kappa shape index (κ3) is 4.92. The maximum absolute atomic E-state index is 14.4. The first-order valence-electron chi connectivity index (χ1n) is 22.4. The van der Waals surface area contributed by atoms with Gasteiger partial charge in [0.15, 0.2) is 0 Å². The minimum Gasteiger partial charge on any atom is -0.309 e. The molecule has 302 valence electrons. The van der Waals surface area contributed by atoms with Crippen LogP contribution in [0.1, 0.15) is 22.3 Å². The molecule has 14 rings (SSSR count). The van der Waals surface area contributed by atoms with Gasteiger partial charge in [0.05, 0.1) is 27.5 Å². The maximum Gasteiger partial charge on any atom is 0.263 e. The molecule has 1 aliphatic carbocycles. The molecule has 0 atom stereocenters. The van der Waals surface area contributed by atoms with Gasteiger partial charge in [-0.15, -0.1) is 0 Å². The average molecular weight is 827 g/mol. The third-order valence-corrected chi connectivity index (χ3v) is 14.3. The number of rotatable bonds is 5. The fourth-order valence-electron chi connectivity index (χ4n) is 11.5. The largest absolute Gasteiger partial charge is 0.309 e. The van der Waals surface area contributed by atoms with Crippen molar-refractivity contribution in [1.29, 1.82) is 0 Å². The predicted molar refractivity (Wildman–Crippen MR) is 270 cm³/mol. The van der Waals surface area contributed by atoms with Crippen LogP contribution in [0.2, 0.25) is 0 Å². The number of benzene rings is 10. The molecule has 3 aromatic heterocycles. The van der Waals surface area contributed by atoms with Gasteiger partial charge in [0.1, 0.15) is 0 Å². The standard InChI is InChI=1S/C62H38N2O/c65-61-50-33-29-41(39-15-4-1-5-16-39)35-51(50)48-23-14-24-49-53-36-42(30-34-58(53)64(61)60(48)49)40-27-31-45(32-28-40)63-57-26-13-11-22-47(57)54-37-56-52(38-59(54)63)46-21-10-12-25-55(46)62(56,43-17-6-2-7-18-43)44-19-8-3-9-20-44/h1-38H. The summed E-state index contributed by atoms with van der Waals surface area (Å²) >= 11 is 0. The van der Waals surface area contributed by atoms with E-state index in [1.807, 2.05) is 16.5 Å². The van der Waals surface area contributed by atoms with Gasteiger partial charge >= 0.3 is 0 Å². The van der Waals surface area contributed by atoms with Gasteiger partial charge < -0.3 is 4.57 Å². The van der Waals surface area contributed by atoms with Crippen LogP contribution in [-0.4, -0.2) is 8.97 Å². The van der Waals surface area contributed by atoms with E-state index in [4.69, 9.17) is 0 Å². The summed E-state index contributed by atoms with van der Waals surface area (Å²) in [5.41, 5.74) is 17.1. The minimum absolute atomic E-state index is 0.0153. The Labute approximate surface area is 374 Å². The Kier molecular flexibility index (Phi) is 7.47. The SMILES string of the molecule is O=c1c2ccc(-c3ccccc3)cc2c2cccc3c4cc(-c5ccc(-n6c7ccccc7c7cc8c(cc76)-c6ccccc6C8(c6ccccc6)c6ccccc6)cc5)ccc4n1c23. The van der Waals surface area contributed by atoms with Crippen LogP contribution in [0.15, 0.2) is 235 Å². The lowest BCUT2D eigenvalue weighted by molar-refractivity contribution is 0.769. The first-order valence-corrected chi connectivity index (χ1v) is 22.4. The molecule has 0 N–H and O–H groups in total. The van der Waals surface area contributed by atoms with Crippen LogP contribution in [0, 0.1) is 0 Å². The molecule has 3 nitrogen and oxygen atoms in total. The highest BCUT2D eigenvalue weighted by Gasteiger charge is 2.46. The summed E-state index contributed by atoms with van der Waals surface area (Å²) < 4.78 is 4.36. The highest BCUT2D eigenvalue weighted by Crippen LogP contribution is 2.57. The average Bonchev–Trinajstić information content (AvgIpc) is 4.00. The number of nitrogens with zero attached hydrogens (tertiary/aromatic N) is 2. The molecule has 0 radical (unpaired) electrons. The van der Waals surface area contributed by atoms with Crippen molar-refractivity contribution in [2.75, 3.05) is 0 Å². The van der Waals surface area contributed by atoms with Gasteiger partial charge in [0, 0.05) is 38.0 Å². The summed E-state index contributed by atoms with van der Waals surface area (Å²) in [6.07, 6.45) is 0. The Bertz CT molecular complexity index is 4070. The van der Waals surface area contributed by atoms with E-state index in [1.165, 1.54) is 55.2 Å². The van der Waals surface area contributed by atoms with Gasteiger partial charge in [0.2, 0.25) is 0 Å². The van der Waals surface area contributed by atoms with Crippen molar-refractivity contribution in [3.63, 3.8) is 0 Å². The van der Waals surface area contributed by atoms with Crippen molar-refractivity contribution in [1.82, 2.24) is 8.97 Å². The number of aromatic nitrogens is 2. The smallest absolute Gasteiger partial charge is 0.263 e. The molecule has 13 aromatic rings. The Morgan fingerprint density at radius 3 is 1.65 bits per heavy atom. The normalized spacial score (nSPS) is 13.1. The molecule has 65 heavy (non-hydrogen) atoms. The zero-order chi connectivity index (χ0) is 42.8. The van der Waals surface area contributed by atoms with Crippen LogP contribution in [0.25, 0.3) is 98.8 Å². The number of pyridine rings is 1. The third-order valence-electron chi connectivity index (χ3n) is 14.3. The first kappa shape index (κ1) is 36.0. The Morgan fingerprint density at radius 1 is 0.323 bits per heavy atom. The molecule has 0 amide bonds. The Morgan fingerprint density at radius 2 is 0.892 bits per heavy atom. The van der Waals surface area contributed by atoms with Crippen LogP contribution in [0.4, 0.5) is 0 Å². The molecule has 0 unspecified atom stereocenters. The van der Waals surface area contributed by atoms with Crippen molar-refractivity contribution >= 4 is 59.8 Å². The fourth-order valence-corrected chi connectivity index (χ4v) is 11.5. The number of para-hydroxylation sites is 2. The van der Waals surface area contributed by atoms with Gasteiger partial charge in [-0.3, -0.25) is 9.20 Å². The van der Waals surface area contributed by atoms with Crippen LogP contribution in [-0.2, 0) is 5.41 Å². The lowest BCUT2D eigenvalue weighted by Gasteiger charge is -2.33. The highest BCUT2D eigenvalue weighted by atomic mass is 16.1. The van der Waals surface area contributed by atoms with Crippen molar-refractivity contribution < 1.29 is 0 Å². The van der Waals surface area contributed by atoms with E-state index in [1.54, 1.807) is 0 Å². The van der Waals surface area contributed by atoms with Crippen molar-refractivity contribution in [3.8, 4) is 39.1 Å². The van der Waals surface area contributed by atoms with E-state index in [9.17, 15) is 4.79 Å². The predicted octanol–water partition coefficient (Wildman–Crippen LogP) is 15.0. The monoisotopic (exact) mass is 826 g/mol. The van der Waals surface area contributed by atoms with Crippen molar-refractivity contribution in [2.45, 2.75) is 5.41 Å². The lowest BCUT2D eigenvalue weighted by Crippen LogP contribution is -2.28. The number of hydrogen-bond acceptors (Lipinski definition) is 1. The summed E-state index contributed by atoms with van der Waals surface area (Å²) in [6.45, 7) is 0. The first-order chi connectivity index (χ1) is 32.2. The number of fused-ring (bicyclic) bond motifs is 11. The second-order valence-corrected chi connectivity index (χ2v) is 17.5. The Hall–Kier alpha value is -8.53.